The molecule has 0 heterocycles. The van der Waals surface area contributed by atoms with Crippen molar-refractivity contribution in [3.05, 3.63) is 57.6 Å². The van der Waals surface area contributed by atoms with E-state index in [1.807, 2.05) is 0 Å². The predicted octanol–water partition coefficient (Wildman–Crippen LogP) is 4.22. The van der Waals surface area contributed by atoms with E-state index < -0.39 is 0 Å². The van der Waals surface area contributed by atoms with Gasteiger partial charge in [-0.1, -0.05) is 35.4 Å². The van der Waals surface area contributed by atoms with Crippen LogP contribution in [0.1, 0.15) is 11.1 Å². The Morgan fingerprint density at radius 3 is 2.48 bits per heavy atom. The molecule has 0 aliphatic carbocycles. The fraction of sp³-hybridized carbons (Fsp3) is 0.133. The van der Waals surface area contributed by atoms with Crippen molar-refractivity contribution in [3.8, 4) is 11.5 Å². The van der Waals surface area contributed by atoms with Gasteiger partial charge in [-0.25, -0.2) is 0 Å². The fourth-order valence-corrected chi connectivity index (χ4v) is 2.34. The zero-order chi connectivity index (χ0) is 15.4. The Bertz CT molecular complexity index is 677. The maximum absolute atomic E-state index is 6.15. The minimum absolute atomic E-state index is 0.288. The van der Waals surface area contributed by atoms with Gasteiger partial charge in [0.15, 0.2) is 0 Å². The highest BCUT2D eigenvalue weighted by Crippen LogP contribution is 2.28. The third kappa shape index (κ3) is 4.00. The topological polar surface area (TPSA) is 44.5 Å². The summed E-state index contributed by atoms with van der Waals surface area (Å²) in [5.41, 5.74) is 7.08. The van der Waals surface area contributed by atoms with Gasteiger partial charge in [0.2, 0.25) is 0 Å². The normalized spacial score (nSPS) is 10.2. The Kier molecular flexibility index (Phi) is 5.28. The summed E-state index contributed by atoms with van der Waals surface area (Å²) in [6.07, 6.45) is 0. The van der Waals surface area contributed by atoms with Gasteiger partial charge >= 0.3 is 0 Å². The van der Waals surface area contributed by atoms with Gasteiger partial charge in [0.25, 0.3) is 0 Å². The molecular weight excluding hydrogens is 329 g/mol. The highest BCUT2D eigenvalue weighted by atomic mass is 35.5. The van der Waals surface area contributed by atoms with Gasteiger partial charge < -0.3 is 15.2 Å². The lowest BCUT2D eigenvalue weighted by molar-refractivity contribution is 0.297. The first-order chi connectivity index (χ1) is 10.0. The molecule has 21 heavy (non-hydrogen) atoms. The van der Waals surface area contributed by atoms with Crippen LogP contribution >= 0.6 is 35.4 Å². The third-order valence-electron chi connectivity index (χ3n) is 2.84. The Balaban J connectivity index is 2.17. The van der Waals surface area contributed by atoms with Crippen molar-refractivity contribution in [3.63, 3.8) is 0 Å². The molecule has 0 radical (unpaired) electrons. The maximum atomic E-state index is 6.15. The van der Waals surface area contributed by atoms with E-state index in [1.54, 1.807) is 43.5 Å². The summed E-state index contributed by atoms with van der Waals surface area (Å²) >= 11 is 17.0. The molecule has 0 aliphatic heterocycles. The van der Waals surface area contributed by atoms with Crippen LogP contribution in [0.5, 0.6) is 11.5 Å². The van der Waals surface area contributed by atoms with Crippen molar-refractivity contribution in [2.75, 3.05) is 7.11 Å². The number of nitrogens with two attached hydrogens (primary N) is 1. The molecule has 0 bridgehead atoms. The van der Waals surface area contributed by atoms with Crippen LogP contribution < -0.4 is 15.2 Å². The van der Waals surface area contributed by atoms with Crippen LogP contribution in [0.15, 0.2) is 36.4 Å². The molecule has 0 spiro atoms. The molecule has 0 unspecified atom stereocenters. The largest absolute Gasteiger partial charge is 0.496 e. The molecule has 0 saturated heterocycles. The molecule has 0 saturated carbocycles. The summed E-state index contributed by atoms with van der Waals surface area (Å²) < 4.78 is 11.0. The lowest BCUT2D eigenvalue weighted by atomic mass is 10.2. The molecule has 2 N–H and O–H groups in total. The van der Waals surface area contributed by atoms with E-state index in [1.165, 1.54) is 0 Å². The van der Waals surface area contributed by atoms with Crippen molar-refractivity contribution in [2.45, 2.75) is 6.61 Å². The van der Waals surface area contributed by atoms with Crippen LogP contribution in [-0.2, 0) is 6.61 Å². The number of thiocarbonyl (C=S) groups is 1. The van der Waals surface area contributed by atoms with Crippen LogP contribution in [0.2, 0.25) is 10.0 Å². The fourth-order valence-electron chi connectivity index (χ4n) is 1.79. The lowest BCUT2D eigenvalue weighted by Crippen LogP contribution is -2.09. The van der Waals surface area contributed by atoms with Gasteiger partial charge in [-0.05, 0) is 36.4 Å². The average molecular weight is 342 g/mol. The summed E-state index contributed by atoms with van der Waals surface area (Å²) in [4.78, 5) is 0.292. The number of hydrogen-bond acceptors (Lipinski definition) is 3. The number of halogens is 2. The Hall–Kier alpha value is -1.49. The highest BCUT2D eigenvalue weighted by molar-refractivity contribution is 7.80. The summed E-state index contributed by atoms with van der Waals surface area (Å²) in [6.45, 7) is 0.288. The molecule has 110 valence electrons. The van der Waals surface area contributed by atoms with Gasteiger partial charge in [0, 0.05) is 16.1 Å². The minimum atomic E-state index is 0.288. The van der Waals surface area contributed by atoms with Crippen molar-refractivity contribution in [1.82, 2.24) is 0 Å². The van der Waals surface area contributed by atoms with E-state index in [9.17, 15) is 0 Å². The van der Waals surface area contributed by atoms with Crippen LogP contribution in [0.25, 0.3) is 0 Å². The van der Waals surface area contributed by atoms with E-state index in [4.69, 9.17) is 50.6 Å². The molecular formula is C15H13Cl2NO2S. The average Bonchev–Trinajstić information content (AvgIpc) is 2.46. The first-order valence-electron chi connectivity index (χ1n) is 6.06. The molecule has 6 heteroatoms. The van der Waals surface area contributed by atoms with Crippen molar-refractivity contribution in [2.24, 2.45) is 5.73 Å². The highest BCUT2D eigenvalue weighted by Gasteiger charge is 2.08. The van der Waals surface area contributed by atoms with Crippen molar-refractivity contribution >= 4 is 40.4 Å². The molecule has 2 rings (SSSR count). The lowest BCUT2D eigenvalue weighted by Gasteiger charge is -2.12. The van der Waals surface area contributed by atoms with E-state index in [0.29, 0.717) is 32.1 Å². The van der Waals surface area contributed by atoms with Crippen LogP contribution in [-0.4, -0.2) is 12.1 Å². The van der Waals surface area contributed by atoms with E-state index >= 15 is 0 Å². The van der Waals surface area contributed by atoms with Crippen LogP contribution in [0.3, 0.4) is 0 Å². The second-order valence-corrected chi connectivity index (χ2v) is 5.54. The molecule has 2 aromatic rings. The molecule has 0 aliphatic rings. The molecule has 3 nitrogen and oxygen atoms in total. The molecule has 0 amide bonds. The van der Waals surface area contributed by atoms with Gasteiger partial charge in [-0.2, -0.15) is 0 Å². The zero-order valence-corrected chi connectivity index (χ0v) is 13.6. The first kappa shape index (κ1) is 15.9. The summed E-state index contributed by atoms with van der Waals surface area (Å²) in [5.74, 6) is 1.24. The maximum Gasteiger partial charge on any atom is 0.138 e. The van der Waals surface area contributed by atoms with E-state index in [2.05, 4.69) is 0 Å². The first-order valence-corrected chi connectivity index (χ1v) is 7.22. The molecule has 0 fully saturated rings. The second-order valence-electron chi connectivity index (χ2n) is 4.25. The van der Waals surface area contributed by atoms with Crippen LogP contribution in [0, 0.1) is 0 Å². The van der Waals surface area contributed by atoms with E-state index in [-0.39, 0.29) is 6.61 Å². The Morgan fingerprint density at radius 2 is 1.86 bits per heavy atom. The standard InChI is InChI=1S/C15H13Cl2NO2S/c1-19-13-5-3-11(16)6-10(13)8-20-14-4-2-9(15(18)21)7-12(14)17/h2-7H,8H2,1H3,(H2,18,21). The van der Waals surface area contributed by atoms with Gasteiger partial charge in [0.1, 0.15) is 23.1 Å². The Labute approximate surface area is 138 Å². The van der Waals surface area contributed by atoms with Crippen LogP contribution in [0.4, 0.5) is 0 Å². The van der Waals surface area contributed by atoms with E-state index in [0.717, 1.165) is 5.56 Å². The molecule has 0 aromatic heterocycles. The van der Waals surface area contributed by atoms with Crippen molar-refractivity contribution in [1.29, 1.82) is 0 Å². The predicted molar refractivity (Wildman–Crippen MR) is 89.7 cm³/mol. The summed E-state index contributed by atoms with van der Waals surface area (Å²) in [7, 11) is 1.59. The summed E-state index contributed by atoms with van der Waals surface area (Å²) in [6, 6.07) is 10.5. The quantitative estimate of drug-likeness (QED) is 0.827. The molecule has 0 atom stereocenters. The smallest absolute Gasteiger partial charge is 0.138 e. The van der Waals surface area contributed by atoms with Gasteiger partial charge in [-0.15, -0.1) is 0 Å². The molecule has 2 aromatic carbocycles. The number of ether oxygens (including phenoxy) is 2. The SMILES string of the molecule is COc1ccc(Cl)cc1COc1ccc(C(N)=S)cc1Cl. The number of hydrogen-bond donors (Lipinski definition) is 1. The monoisotopic (exact) mass is 341 g/mol. The minimum Gasteiger partial charge on any atom is -0.496 e. The number of rotatable bonds is 5. The van der Waals surface area contributed by atoms with Gasteiger partial charge in [-0.3, -0.25) is 0 Å². The second kappa shape index (κ2) is 6.98. The van der Waals surface area contributed by atoms with Crippen molar-refractivity contribution < 1.29 is 9.47 Å². The number of benzene rings is 2. The third-order valence-corrected chi connectivity index (χ3v) is 3.61. The number of methoxy groups -OCH3 is 1. The Morgan fingerprint density at radius 1 is 1.14 bits per heavy atom. The van der Waals surface area contributed by atoms with Gasteiger partial charge in [0.05, 0.1) is 12.1 Å². The summed E-state index contributed by atoms with van der Waals surface area (Å²) in [5, 5.41) is 1.06. The zero-order valence-electron chi connectivity index (χ0n) is 11.2.